The van der Waals surface area contributed by atoms with E-state index in [1.807, 2.05) is 55.5 Å². The first-order valence-corrected chi connectivity index (χ1v) is 6.81. The number of rotatable bonds is 5. The molecule has 1 unspecified atom stereocenters. The monoisotopic (exact) mass is 288 g/mol. The molecule has 0 saturated carbocycles. The summed E-state index contributed by atoms with van der Waals surface area (Å²) in [5, 5.41) is 0.693. The van der Waals surface area contributed by atoms with Gasteiger partial charge in [0.2, 0.25) is 0 Å². The molecule has 1 atom stereocenters. The minimum Gasteiger partial charge on any atom is -0.496 e. The normalized spacial score (nSPS) is 13.6. The molecule has 20 heavy (non-hydrogen) atoms. The summed E-state index contributed by atoms with van der Waals surface area (Å²) in [6.07, 6.45) is 1.59. The van der Waals surface area contributed by atoms with E-state index in [4.69, 9.17) is 16.3 Å². The van der Waals surface area contributed by atoms with Crippen molar-refractivity contribution in [2.45, 2.75) is 18.8 Å². The van der Waals surface area contributed by atoms with Crippen molar-refractivity contribution in [2.75, 3.05) is 7.11 Å². The molecular weight excluding hydrogens is 272 g/mol. The van der Waals surface area contributed by atoms with Crippen molar-refractivity contribution >= 4 is 17.9 Å². The lowest BCUT2D eigenvalue weighted by atomic mass is 9.78. The summed E-state index contributed by atoms with van der Waals surface area (Å²) >= 11 is 5.89. The third-order valence-electron chi connectivity index (χ3n) is 3.47. The molecule has 0 heterocycles. The zero-order chi connectivity index (χ0) is 14.6. The van der Waals surface area contributed by atoms with Gasteiger partial charge >= 0.3 is 0 Å². The Morgan fingerprint density at radius 2 is 1.80 bits per heavy atom. The second kappa shape index (κ2) is 6.10. The van der Waals surface area contributed by atoms with E-state index in [0.29, 0.717) is 11.4 Å². The van der Waals surface area contributed by atoms with E-state index in [9.17, 15) is 4.79 Å². The van der Waals surface area contributed by atoms with Crippen LogP contribution in [0.1, 0.15) is 18.1 Å². The number of hydrogen-bond donors (Lipinski definition) is 0. The van der Waals surface area contributed by atoms with Crippen LogP contribution < -0.4 is 4.74 Å². The molecule has 2 aromatic rings. The van der Waals surface area contributed by atoms with Gasteiger partial charge in [-0.05, 0) is 37.1 Å². The number of halogens is 1. The van der Waals surface area contributed by atoms with Gasteiger partial charge in [0.25, 0.3) is 0 Å². The lowest BCUT2D eigenvalue weighted by molar-refractivity contribution is -0.112. The average molecular weight is 289 g/mol. The van der Waals surface area contributed by atoms with Crippen molar-refractivity contribution in [2.24, 2.45) is 0 Å². The summed E-state index contributed by atoms with van der Waals surface area (Å²) in [7, 11) is 1.62. The molecule has 0 spiro atoms. The highest BCUT2D eigenvalue weighted by atomic mass is 35.5. The molecule has 0 aliphatic rings. The van der Waals surface area contributed by atoms with Crippen LogP contribution in [0, 0.1) is 0 Å². The lowest BCUT2D eigenvalue weighted by Gasteiger charge is -2.25. The molecule has 2 nitrogen and oxygen atoms in total. The van der Waals surface area contributed by atoms with Gasteiger partial charge in [-0.15, -0.1) is 0 Å². The van der Waals surface area contributed by atoms with Gasteiger partial charge in [-0.2, -0.15) is 0 Å². The first-order chi connectivity index (χ1) is 9.59. The summed E-state index contributed by atoms with van der Waals surface area (Å²) in [6.45, 7) is 1.92. The molecule has 0 aliphatic heterocycles. The largest absolute Gasteiger partial charge is 0.496 e. The first kappa shape index (κ1) is 14.6. The Bertz CT molecular complexity index is 592. The molecule has 0 saturated heterocycles. The fourth-order valence-corrected chi connectivity index (χ4v) is 2.47. The molecule has 0 aromatic heterocycles. The molecule has 0 amide bonds. The van der Waals surface area contributed by atoms with Gasteiger partial charge in [-0.1, -0.05) is 41.9 Å². The van der Waals surface area contributed by atoms with Crippen molar-refractivity contribution in [3.8, 4) is 5.75 Å². The van der Waals surface area contributed by atoms with Crippen LogP contribution >= 0.6 is 11.6 Å². The topological polar surface area (TPSA) is 26.3 Å². The standard InChI is InChI=1S/C17H17ClO2/c1-17(12-19,11-13-7-9-14(18)10-8-13)15-5-3-4-6-16(15)20-2/h3-10,12H,11H2,1-2H3. The van der Waals surface area contributed by atoms with E-state index in [2.05, 4.69) is 0 Å². The Balaban J connectivity index is 2.38. The maximum Gasteiger partial charge on any atom is 0.130 e. The van der Waals surface area contributed by atoms with Crippen LogP contribution in [-0.4, -0.2) is 13.4 Å². The number of carbonyl (C=O) groups excluding carboxylic acids is 1. The van der Waals surface area contributed by atoms with Gasteiger partial charge in [-0.25, -0.2) is 0 Å². The molecular formula is C17H17ClO2. The van der Waals surface area contributed by atoms with E-state index in [1.54, 1.807) is 7.11 Å². The number of hydrogen-bond acceptors (Lipinski definition) is 2. The number of para-hydroxylation sites is 1. The Morgan fingerprint density at radius 3 is 2.40 bits per heavy atom. The van der Waals surface area contributed by atoms with Gasteiger partial charge in [0.05, 0.1) is 12.5 Å². The molecule has 0 radical (unpaired) electrons. The van der Waals surface area contributed by atoms with Crippen LogP contribution in [0.5, 0.6) is 5.75 Å². The van der Waals surface area contributed by atoms with E-state index >= 15 is 0 Å². The Labute approximate surface area is 124 Å². The fourth-order valence-electron chi connectivity index (χ4n) is 2.34. The van der Waals surface area contributed by atoms with Crippen molar-refractivity contribution in [3.63, 3.8) is 0 Å². The van der Waals surface area contributed by atoms with Gasteiger partial charge in [-0.3, -0.25) is 0 Å². The van der Waals surface area contributed by atoms with E-state index in [-0.39, 0.29) is 0 Å². The summed E-state index contributed by atoms with van der Waals surface area (Å²) in [4.78, 5) is 11.7. The van der Waals surface area contributed by atoms with Gasteiger partial charge in [0.15, 0.2) is 0 Å². The zero-order valence-electron chi connectivity index (χ0n) is 11.6. The lowest BCUT2D eigenvalue weighted by Crippen LogP contribution is -2.27. The third kappa shape index (κ3) is 3.02. The smallest absolute Gasteiger partial charge is 0.130 e. The Hall–Kier alpha value is -1.80. The Kier molecular flexibility index (Phi) is 4.46. The summed E-state index contributed by atoms with van der Waals surface area (Å²) in [5.41, 5.74) is 1.34. The third-order valence-corrected chi connectivity index (χ3v) is 3.72. The van der Waals surface area contributed by atoms with Crippen LogP contribution in [0.4, 0.5) is 0 Å². The molecule has 2 rings (SSSR count). The summed E-state index contributed by atoms with van der Waals surface area (Å²) < 4.78 is 5.37. The molecule has 0 aliphatic carbocycles. The second-order valence-electron chi connectivity index (χ2n) is 5.04. The van der Waals surface area contributed by atoms with Crippen molar-refractivity contribution in [3.05, 3.63) is 64.7 Å². The summed E-state index contributed by atoms with van der Waals surface area (Å²) in [5.74, 6) is 0.732. The minimum atomic E-state index is -0.625. The van der Waals surface area contributed by atoms with Crippen molar-refractivity contribution in [1.29, 1.82) is 0 Å². The minimum absolute atomic E-state index is 0.605. The van der Waals surface area contributed by atoms with Crippen LogP contribution in [0.3, 0.4) is 0 Å². The molecule has 0 N–H and O–H groups in total. The molecule has 2 aromatic carbocycles. The predicted octanol–water partition coefficient (Wildman–Crippen LogP) is 4.05. The predicted molar refractivity (Wildman–Crippen MR) is 81.6 cm³/mol. The SMILES string of the molecule is COc1ccccc1C(C)(C=O)Cc1ccc(Cl)cc1. The first-order valence-electron chi connectivity index (χ1n) is 6.43. The zero-order valence-corrected chi connectivity index (χ0v) is 12.4. The Morgan fingerprint density at radius 1 is 1.15 bits per heavy atom. The highest BCUT2D eigenvalue weighted by molar-refractivity contribution is 6.30. The number of carbonyl (C=O) groups is 1. The van der Waals surface area contributed by atoms with Crippen LogP contribution in [0.25, 0.3) is 0 Å². The van der Waals surface area contributed by atoms with Crippen LogP contribution in [-0.2, 0) is 16.6 Å². The van der Waals surface area contributed by atoms with Gasteiger partial charge in [0.1, 0.15) is 12.0 Å². The quantitative estimate of drug-likeness (QED) is 0.776. The highest BCUT2D eigenvalue weighted by Gasteiger charge is 2.29. The van der Waals surface area contributed by atoms with Gasteiger partial charge in [0, 0.05) is 10.6 Å². The average Bonchev–Trinajstić information content (AvgIpc) is 2.49. The maximum absolute atomic E-state index is 11.7. The van der Waals surface area contributed by atoms with Crippen molar-refractivity contribution < 1.29 is 9.53 Å². The van der Waals surface area contributed by atoms with Gasteiger partial charge < -0.3 is 9.53 Å². The number of benzene rings is 2. The fraction of sp³-hybridized carbons (Fsp3) is 0.235. The van der Waals surface area contributed by atoms with Crippen LogP contribution in [0.15, 0.2) is 48.5 Å². The second-order valence-corrected chi connectivity index (χ2v) is 5.48. The van der Waals surface area contributed by atoms with Crippen LogP contribution in [0.2, 0.25) is 5.02 Å². The van der Waals surface area contributed by atoms with E-state index < -0.39 is 5.41 Å². The molecule has 3 heteroatoms. The van der Waals surface area contributed by atoms with E-state index in [0.717, 1.165) is 23.2 Å². The highest BCUT2D eigenvalue weighted by Crippen LogP contribution is 2.33. The molecule has 104 valence electrons. The maximum atomic E-state index is 11.7. The van der Waals surface area contributed by atoms with E-state index in [1.165, 1.54) is 0 Å². The molecule has 0 bridgehead atoms. The molecule has 0 fully saturated rings. The number of ether oxygens (including phenoxy) is 1. The number of methoxy groups -OCH3 is 1. The summed E-state index contributed by atoms with van der Waals surface area (Å²) in [6, 6.07) is 15.2. The number of aldehydes is 1. The van der Waals surface area contributed by atoms with Crippen molar-refractivity contribution in [1.82, 2.24) is 0 Å².